The molecule has 7 N–H and O–H groups in total. The maximum Gasteiger partial charge on any atom is 0.188 e. The second-order valence-electron chi connectivity index (χ2n) is 3.47. The molecule has 0 radical (unpaired) electrons. The number of hydrogen-bond donors (Lipinski definition) is 1. The predicted octanol–water partition coefficient (Wildman–Crippen LogP) is 0.678. The molecule has 0 rings (SSSR count). The van der Waals surface area contributed by atoms with Crippen LogP contribution in [0.1, 0.15) is 40.0 Å². The van der Waals surface area contributed by atoms with E-state index >= 15 is 0 Å². The zero-order valence-electron chi connectivity index (χ0n) is 10.2. The van der Waals surface area contributed by atoms with Gasteiger partial charge in [-0.05, 0) is 18.1 Å². The summed E-state index contributed by atoms with van der Waals surface area (Å²) in [5.41, 5.74) is 0. The molecule has 0 aromatic heterocycles. The minimum Gasteiger partial charge on any atom is -0.432 e. The van der Waals surface area contributed by atoms with Crippen molar-refractivity contribution in [3.8, 4) is 0 Å². The van der Waals surface area contributed by atoms with Crippen molar-refractivity contribution in [3.05, 3.63) is 0 Å². The Morgan fingerprint density at radius 3 is 1.07 bits per heavy atom. The molecule has 6 heteroatoms. The van der Waals surface area contributed by atoms with Crippen molar-refractivity contribution in [2.75, 3.05) is 0 Å². The van der Waals surface area contributed by atoms with E-state index in [4.69, 9.17) is 0 Å². The Bertz CT molecular complexity index is 89.1. The van der Waals surface area contributed by atoms with Gasteiger partial charge in [0.2, 0.25) is 0 Å². The Morgan fingerprint density at radius 1 is 0.733 bits per heavy atom. The summed E-state index contributed by atoms with van der Waals surface area (Å²) in [5.74, 6) is 0. The summed E-state index contributed by atoms with van der Waals surface area (Å²) in [6.45, 7) is 6.51. The first-order valence-electron chi connectivity index (χ1n) is 4.91. The third-order valence-electron chi connectivity index (χ3n) is 2.15. The molecular formula is C9H28O4SiZr. The van der Waals surface area contributed by atoms with Crippen LogP contribution < -0.4 is 0 Å². The molecule has 0 saturated heterocycles. The summed E-state index contributed by atoms with van der Waals surface area (Å²) in [6, 6.07) is 3.32. The normalized spacial score (nSPS) is 8.80. The van der Waals surface area contributed by atoms with Crippen LogP contribution in [-0.2, 0) is 26.2 Å². The summed E-state index contributed by atoms with van der Waals surface area (Å²) < 4.78 is 0. The summed E-state index contributed by atoms with van der Waals surface area (Å²) in [5, 5.41) is 0. The van der Waals surface area contributed by atoms with Gasteiger partial charge in [-0.1, -0.05) is 40.0 Å². The fraction of sp³-hybridized carbons (Fsp3) is 1.00. The second kappa shape index (κ2) is 17.3. The summed E-state index contributed by atoms with van der Waals surface area (Å²) in [6.07, 6.45) is 3.47. The fourth-order valence-corrected chi connectivity index (χ4v) is 5.31. The molecule has 0 aromatic rings. The van der Waals surface area contributed by atoms with Crippen molar-refractivity contribution in [3.63, 3.8) is 0 Å². The molecular weight excluding hydrogens is 291 g/mol. The zero-order valence-corrected chi connectivity index (χ0v) is 13.6. The Morgan fingerprint density at radius 2 is 0.933 bits per heavy atom. The monoisotopic (exact) mass is 318 g/mol. The number of rotatable bonds is 6. The van der Waals surface area contributed by atoms with E-state index in [1.807, 2.05) is 0 Å². The predicted molar refractivity (Wildman–Crippen MR) is 64.1 cm³/mol. The van der Waals surface area contributed by atoms with Crippen LogP contribution in [0.3, 0.4) is 0 Å². The molecule has 0 bridgehead atoms. The molecule has 0 aliphatic rings. The Labute approximate surface area is 114 Å². The van der Waals surface area contributed by atoms with Crippen LogP contribution in [0.25, 0.3) is 0 Å². The molecule has 0 heterocycles. The molecule has 4 nitrogen and oxygen atoms in total. The standard InChI is InChI=1S/C9H22OSi.3H2O.Zr/c1-4-7-11(10,8-5-2)9-6-3;;;;/h10H,4-9H2,1-3H3;3*1H2;. The molecule has 0 fully saturated rings. The SMILES string of the molecule is CCC[Si](O)(CCC)CCC.O.O.O.[Zr]. The molecule has 0 amide bonds. The Balaban J connectivity index is -0.0000000833. The van der Waals surface area contributed by atoms with Crippen LogP contribution in [0.15, 0.2) is 0 Å². The van der Waals surface area contributed by atoms with Gasteiger partial charge in [-0.25, -0.2) is 0 Å². The van der Waals surface area contributed by atoms with Gasteiger partial charge < -0.3 is 21.2 Å². The van der Waals surface area contributed by atoms with Crippen LogP contribution in [0, 0.1) is 0 Å². The van der Waals surface area contributed by atoms with Gasteiger partial charge in [0.1, 0.15) is 0 Å². The first-order chi connectivity index (χ1) is 5.18. The van der Waals surface area contributed by atoms with Crippen molar-refractivity contribution in [2.24, 2.45) is 0 Å². The number of hydrogen-bond acceptors (Lipinski definition) is 1. The van der Waals surface area contributed by atoms with Crippen molar-refractivity contribution >= 4 is 8.32 Å². The van der Waals surface area contributed by atoms with Crippen LogP contribution >= 0.6 is 0 Å². The first kappa shape index (κ1) is 29.7. The van der Waals surface area contributed by atoms with Crippen LogP contribution in [-0.4, -0.2) is 29.5 Å². The average Bonchev–Trinajstić information content (AvgIpc) is 1.88. The third-order valence-corrected chi connectivity index (χ3v) is 6.44. The van der Waals surface area contributed by atoms with E-state index in [2.05, 4.69) is 20.8 Å². The van der Waals surface area contributed by atoms with E-state index in [9.17, 15) is 4.80 Å². The van der Waals surface area contributed by atoms with E-state index in [-0.39, 0.29) is 42.6 Å². The minimum absolute atomic E-state index is 0. The van der Waals surface area contributed by atoms with E-state index in [0.29, 0.717) is 0 Å². The third kappa shape index (κ3) is 14.9. The van der Waals surface area contributed by atoms with Gasteiger partial charge >= 0.3 is 0 Å². The van der Waals surface area contributed by atoms with E-state index < -0.39 is 8.32 Å². The van der Waals surface area contributed by atoms with Crippen molar-refractivity contribution in [1.82, 2.24) is 0 Å². The maximum atomic E-state index is 10.2. The van der Waals surface area contributed by atoms with Gasteiger partial charge in [-0.2, -0.15) is 0 Å². The van der Waals surface area contributed by atoms with Crippen molar-refractivity contribution in [2.45, 2.75) is 58.2 Å². The fourth-order valence-electron chi connectivity index (χ4n) is 1.77. The Kier molecular flexibility index (Phi) is 34.4. The molecule has 0 aromatic carbocycles. The largest absolute Gasteiger partial charge is 0.432 e. The summed E-state index contributed by atoms with van der Waals surface area (Å²) >= 11 is 0. The van der Waals surface area contributed by atoms with Gasteiger partial charge in [0, 0.05) is 26.2 Å². The molecule has 15 heavy (non-hydrogen) atoms. The quantitative estimate of drug-likeness (QED) is 0.712. The van der Waals surface area contributed by atoms with Crippen LogP contribution in [0.2, 0.25) is 18.1 Å². The smallest absolute Gasteiger partial charge is 0.188 e. The molecule has 96 valence electrons. The van der Waals surface area contributed by atoms with Gasteiger partial charge in [-0.3, -0.25) is 0 Å². The van der Waals surface area contributed by atoms with E-state index in [0.717, 1.165) is 37.4 Å². The zero-order chi connectivity index (χ0) is 8.74. The summed E-state index contributed by atoms with van der Waals surface area (Å²) in [4.78, 5) is 10.2. The molecule has 0 saturated carbocycles. The minimum atomic E-state index is -1.75. The van der Waals surface area contributed by atoms with Crippen LogP contribution in [0.4, 0.5) is 0 Å². The van der Waals surface area contributed by atoms with Crippen LogP contribution in [0.5, 0.6) is 0 Å². The van der Waals surface area contributed by atoms with Gasteiger partial charge in [0.15, 0.2) is 8.32 Å². The second-order valence-corrected chi connectivity index (χ2v) is 7.42. The van der Waals surface area contributed by atoms with Crippen molar-refractivity contribution < 1.29 is 47.4 Å². The van der Waals surface area contributed by atoms with E-state index in [1.165, 1.54) is 0 Å². The van der Waals surface area contributed by atoms with Gasteiger partial charge in [0.05, 0.1) is 0 Å². The first-order valence-corrected chi connectivity index (χ1v) is 7.47. The Hall–Kier alpha value is 0.940. The molecule has 0 unspecified atom stereocenters. The molecule has 0 atom stereocenters. The average molecular weight is 320 g/mol. The van der Waals surface area contributed by atoms with Gasteiger partial charge in [0.25, 0.3) is 0 Å². The topological polar surface area (TPSA) is 115 Å². The molecule has 0 spiro atoms. The maximum absolute atomic E-state index is 10.2. The summed E-state index contributed by atoms with van der Waals surface area (Å²) in [7, 11) is -1.75. The van der Waals surface area contributed by atoms with Crippen molar-refractivity contribution in [1.29, 1.82) is 0 Å². The molecule has 0 aliphatic heterocycles. The van der Waals surface area contributed by atoms with E-state index in [1.54, 1.807) is 0 Å². The molecule has 0 aliphatic carbocycles. The van der Waals surface area contributed by atoms with Gasteiger partial charge in [-0.15, -0.1) is 0 Å².